The largest absolute Gasteiger partial charge is 0.371 e. The normalized spacial score (nSPS) is 25.0. The van der Waals surface area contributed by atoms with Gasteiger partial charge in [0, 0.05) is 10.9 Å². The summed E-state index contributed by atoms with van der Waals surface area (Å²) in [6.07, 6.45) is 1.18. The molecular weight excluding hydrogens is 170 g/mol. The fraction of sp³-hybridized carbons (Fsp3) is 0.556. The third-order valence-electron chi connectivity index (χ3n) is 2.19. The van der Waals surface area contributed by atoms with Crippen molar-refractivity contribution < 1.29 is 4.74 Å². The van der Waals surface area contributed by atoms with E-state index in [1.165, 1.54) is 10.4 Å². The molecule has 0 saturated carbocycles. The van der Waals surface area contributed by atoms with E-state index in [1.54, 1.807) is 11.3 Å². The topological polar surface area (TPSA) is 35.2 Å². The molecule has 0 aromatic carbocycles. The average molecular weight is 183 g/mol. The Morgan fingerprint density at radius 1 is 1.75 bits per heavy atom. The summed E-state index contributed by atoms with van der Waals surface area (Å²) in [5.41, 5.74) is 7.25. The number of nitrogens with two attached hydrogens (primary N) is 1. The summed E-state index contributed by atoms with van der Waals surface area (Å²) in [6.45, 7) is 2.81. The second-order valence-corrected chi connectivity index (χ2v) is 4.16. The number of thiophene rings is 1. The van der Waals surface area contributed by atoms with Crippen LogP contribution in [0, 0.1) is 0 Å². The Morgan fingerprint density at radius 3 is 3.33 bits per heavy atom. The van der Waals surface area contributed by atoms with Crippen LogP contribution in [0.2, 0.25) is 0 Å². The predicted molar refractivity (Wildman–Crippen MR) is 50.4 cm³/mol. The van der Waals surface area contributed by atoms with E-state index in [0.29, 0.717) is 0 Å². The van der Waals surface area contributed by atoms with E-state index < -0.39 is 0 Å². The van der Waals surface area contributed by atoms with Crippen molar-refractivity contribution >= 4 is 11.3 Å². The van der Waals surface area contributed by atoms with E-state index in [2.05, 4.69) is 11.4 Å². The summed E-state index contributed by atoms with van der Waals surface area (Å²) in [7, 11) is 0. The molecule has 0 fully saturated rings. The number of rotatable bonds is 1. The third kappa shape index (κ3) is 1.28. The molecule has 2 heterocycles. The van der Waals surface area contributed by atoms with Gasteiger partial charge in [0.15, 0.2) is 0 Å². The standard InChI is InChI=1S/C9H13NOS/c1-6(10)8-9-7(2-4-11-8)3-5-12-9/h3,5-6,8H,2,4,10H2,1H3/t6-,8-/m0/s1. The van der Waals surface area contributed by atoms with Gasteiger partial charge in [0.05, 0.1) is 6.61 Å². The first-order valence-corrected chi connectivity index (χ1v) is 5.10. The maximum Gasteiger partial charge on any atom is 0.107 e. The molecule has 2 nitrogen and oxygen atoms in total. The zero-order chi connectivity index (χ0) is 8.55. The monoisotopic (exact) mass is 183 g/mol. The molecule has 0 radical (unpaired) electrons. The molecule has 0 unspecified atom stereocenters. The first-order chi connectivity index (χ1) is 5.79. The van der Waals surface area contributed by atoms with Crippen molar-refractivity contribution in [3.8, 4) is 0 Å². The predicted octanol–water partition coefficient (Wildman–Crippen LogP) is 1.71. The van der Waals surface area contributed by atoms with Crippen LogP contribution in [0.5, 0.6) is 0 Å². The van der Waals surface area contributed by atoms with Crippen LogP contribution < -0.4 is 5.73 Å². The SMILES string of the molecule is C[C@H](N)[C@@H]1OCCc2ccsc21. The second-order valence-electron chi connectivity index (χ2n) is 3.21. The molecule has 0 spiro atoms. The molecule has 2 rings (SSSR count). The molecule has 0 saturated heterocycles. The van der Waals surface area contributed by atoms with Crippen LogP contribution in [0.15, 0.2) is 11.4 Å². The van der Waals surface area contributed by atoms with Crippen LogP contribution in [0.4, 0.5) is 0 Å². The minimum Gasteiger partial charge on any atom is -0.371 e. The highest BCUT2D eigenvalue weighted by Gasteiger charge is 2.24. The van der Waals surface area contributed by atoms with E-state index in [0.717, 1.165) is 13.0 Å². The summed E-state index contributed by atoms with van der Waals surface area (Å²) in [6, 6.07) is 2.28. The summed E-state index contributed by atoms with van der Waals surface area (Å²) < 4.78 is 5.61. The minimum atomic E-state index is 0.0997. The van der Waals surface area contributed by atoms with Crippen LogP contribution in [-0.2, 0) is 11.2 Å². The van der Waals surface area contributed by atoms with Gasteiger partial charge in [-0.15, -0.1) is 11.3 Å². The lowest BCUT2D eigenvalue weighted by atomic mass is 10.0. The van der Waals surface area contributed by atoms with Gasteiger partial charge < -0.3 is 10.5 Å². The van der Waals surface area contributed by atoms with E-state index >= 15 is 0 Å². The Morgan fingerprint density at radius 2 is 2.58 bits per heavy atom. The number of fused-ring (bicyclic) bond motifs is 1. The van der Waals surface area contributed by atoms with Crippen molar-refractivity contribution in [1.29, 1.82) is 0 Å². The first kappa shape index (κ1) is 8.23. The molecule has 0 aliphatic carbocycles. The molecular formula is C9H13NOS. The molecule has 1 aromatic rings. The lowest BCUT2D eigenvalue weighted by Crippen LogP contribution is -2.30. The van der Waals surface area contributed by atoms with Crippen LogP contribution in [0.25, 0.3) is 0 Å². The quantitative estimate of drug-likeness (QED) is 0.719. The zero-order valence-electron chi connectivity index (χ0n) is 7.12. The molecule has 66 valence electrons. The Balaban J connectivity index is 2.31. The minimum absolute atomic E-state index is 0.0997. The summed E-state index contributed by atoms with van der Waals surface area (Å²) in [5, 5.41) is 2.12. The lowest BCUT2D eigenvalue weighted by molar-refractivity contribution is 0.0315. The third-order valence-corrected chi connectivity index (χ3v) is 3.21. The smallest absolute Gasteiger partial charge is 0.107 e. The van der Waals surface area contributed by atoms with Crippen LogP contribution in [-0.4, -0.2) is 12.6 Å². The molecule has 2 N–H and O–H groups in total. The fourth-order valence-electron chi connectivity index (χ4n) is 1.57. The van der Waals surface area contributed by atoms with Crippen LogP contribution >= 0.6 is 11.3 Å². The van der Waals surface area contributed by atoms with Gasteiger partial charge >= 0.3 is 0 Å². The van der Waals surface area contributed by atoms with Gasteiger partial charge in [0.2, 0.25) is 0 Å². The Hall–Kier alpha value is -0.380. The van der Waals surface area contributed by atoms with Crippen molar-refractivity contribution in [3.05, 3.63) is 21.9 Å². The Kier molecular flexibility index (Phi) is 2.17. The highest BCUT2D eigenvalue weighted by molar-refractivity contribution is 7.10. The van der Waals surface area contributed by atoms with Crippen LogP contribution in [0.3, 0.4) is 0 Å². The summed E-state index contributed by atoms with van der Waals surface area (Å²) in [4.78, 5) is 1.33. The van der Waals surface area contributed by atoms with Gasteiger partial charge in [-0.1, -0.05) is 0 Å². The molecule has 2 atom stereocenters. The van der Waals surface area contributed by atoms with Crippen molar-refractivity contribution in [3.63, 3.8) is 0 Å². The lowest BCUT2D eigenvalue weighted by Gasteiger charge is -2.25. The summed E-state index contributed by atoms with van der Waals surface area (Å²) >= 11 is 1.76. The van der Waals surface area contributed by atoms with Crippen molar-refractivity contribution in [2.24, 2.45) is 5.73 Å². The van der Waals surface area contributed by atoms with E-state index in [-0.39, 0.29) is 12.1 Å². The molecule has 12 heavy (non-hydrogen) atoms. The molecule has 1 aliphatic rings. The molecule has 1 aromatic heterocycles. The van der Waals surface area contributed by atoms with E-state index in [9.17, 15) is 0 Å². The first-order valence-electron chi connectivity index (χ1n) is 4.22. The summed E-state index contributed by atoms with van der Waals surface area (Å²) in [5.74, 6) is 0. The van der Waals surface area contributed by atoms with E-state index in [1.807, 2.05) is 6.92 Å². The Labute approximate surface area is 76.3 Å². The van der Waals surface area contributed by atoms with Gasteiger partial charge in [0.1, 0.15) is 6.10 Å². The number of hydrogen-bond acceptors (Lipinski definition) is 3. The van der Waals surface area contributed by atoms with Gasteiger partial charge in [0.25, 0.3) is 0 Å². The average Bonchev–Trinajstić information content (AvgIpc) is 2.49. The molecule has 0 bridgehead atoms. The van der Waals surface area contributed by atoms with Crippen molar-refractivity contribution in [2.45, 2.75) is 25.5 Å². The second kappa shape index (κ2) is 3.17. The highest BCUT2D eigenvalue weighted by Crippen LogP contribution is 2.32. The van der Waals surface area contributed by atoms with Gasteiger partial charge in [-0.3, -0.25) is 0 Å². The Bertz CT molecular complexity index is 269. The van der Waals surface area contributed by atoms with Gasteiger partial charge in [-0.05, 0) is 30.4 Å². The zero-order valence-corrected chi connectivity index (χ0v) is 7.93. The van der Waals surface area contributed by atoms with Crippen molar-refractivity contribution in [2.75, 3.05) is 6.61 Å². The van der Waals surface area contributed by atoms with Gasteiger partial charge in [-0.25, -0.2) is 0 Å². The maximum atomic E-state index is 5.82. The fourth-order valence-corrected chi connectivity index (χ4v) is 2.68. The van der Waals surface area contributed by atoms with Crippen molar-refractivity contribution in [1.82, 2.24) is 0 Å². The van der Waals surface area contributed by atoms with E-state index in [4.69, 9.17) is 10.5 Å². The molecule has 3 heteroatoms. The number of hydrogen-bond donors (Lipinski definition) is 1. The maximum absolute atomic E-state index is 5.82. The molecule has 0 amide bonds. The van der Waals surface area contributed by atoms with Crippen LogP contribution in [0.1, 0.15) is 23.5 Å². The molecule has 1 aliphatic heterocycles. The number of ether oxygens (including phenoxy) is 1. The van der Waals surface area contributed by atoms with Gasteiger partial charge in [-0.2, -0.15) is 0 Å². The highest BCUT2D eigenvalue weighted by atomic mass is 32.1.